The Hall–Kier alpha value is -3.31. The number of carbonyl (C=O) groups excluding carboxylic acids is 2. The fourth-order valence-corrected chi connectivity index (χ4v) is 4.85. The second-order valence-electron chi connectivity index (χ2n) is 9.45. The molecule has 0 radical (unpaired) electrons. The van der Waals surface area contributed by atoms with Crippen LogP contribution in [0, 0.1) is 6.92 Å². The maximum Gasteiger partial charge on any atom is 0.416 e. The molecule has 4 atom stereocenters. The van der Waals surface area contributed by atoms with E-state index in [0.717, 1.165) is 22.7 Å². The van der Waals surface area contributed by atoms with E-state index < -0.39 is 53.1 Å². The summed E-state index contributed by atoms with van der Waals surface area (Å²) in [4.78, 5) is 40.9. The van der Waals surface area contributed by atoms with Crippen molar-refractivity contribution in [1.82, 2.24) is 10.2 Å². The summed E-state index contributed by atoms with van der Waals surface area (Å²) in [6.07, 6.45) is -6.64. The van der Waals surface area contributed by atoms with Crippen molar-refractivity contribution in [2.24, 2.45) is 0 Å². The van der Waals surface area contributed by atoms with Crippen LogP contribution in [0.5, 0.6) is 0 Å². The summed E-state index contributed by atoms with van der Waals surface area (Å²) >= 11 is 6.07. The van der Waals surface area contributed by atoms with E-state index in [1.165, 1.54) is 12.1 Å². The number of aliphatic hydroxyl groups excluding tert-OH is 1. The molecule has 2 aromatic rings. The van der Waals surface area contributed by atoms with Gasteiger partial charge in [-0.25, -0.2) is 4.79 Å². The van der Waals surface area contributed by atoms with E-state index >= 15 is 0 Å². The van der Waals surface area contributed by atoms with Gasteiger partial charge in [-0.2, -0.15) is 13.2 Å². The highest BCUT2D eigenvalue weighted by molar-refractivity contribution is 6.21. The van der Waals surface area contributed by atoms with Crippen molar-refractivity contribution in [3.8, 4) is 0 Å². The van der Waals surface area contributed by atoms with Gasteiger partial charge in [0.1, 0.15) is 6.04 Å². The lowest BCUT2D eigenvalue weighted by atomic mass is 9.97. The number of hydrogen-bond acceptors (Lipinski definition) is 5. The molecule has 3 rings (SSSR count). The molecule has 0 saturated carbocycles. The molecule has 1 aliphatic heterocycles. The molecule has 0 aliphatic carbocycles. The van der Waals surface area contributed by atoms with Gasteiger partial charge in [0, 0.05) is 31.9 Å². The average molecular weight is 556 g/mol. The summed E-state index contributed by atoms with van der Waals surface area (Å²) in [5.74, 6) is -2.84. The molecule has 0 bridgehead atoms. The number of alkyl halides is 4. The first-order valence-corrected chi connectivity index (χ1v) is 12.2. The Kier molecular flexibility index (Phi) is 8.94. The van der Waals surface area contributed by atoms with Crippen LogP contribution in [0.3, 0.4) is 0 Å². The Labute approximate surface area is 223 Å². The number of nitrogens with one attached hydrogen (secondary N) is 1. The van der Waals surface area contributed by atoms with Crippen molar-refractivity contribution in [1.29, 1.82) is 0 Å². The summed E-state index contributed by atoms with van der Waals surface area (Å²) < 4.78 is 39.0. The maximum absolute atomic E-state index is 13.3. The van der Waals surface area contributed by atoms with Crippen LogP contribution in [-0.4, -0.2) is 77.1 Å². The normalized spacial score (nSPS) is 19.1. The first-order valence-electron chi connectivity index (χ1n) is 11.8. The number of carboxylic acid groups (broad SMARTS) is 1. The number of halogens is 4. The first kappa shape index (κ1) is 29.2. The number of rotatable bonds is 8. The smallest absolute Gasteiger partial charge is 0.416 e. The van der Waals surface area contributed by atoms with Crippen molar-refractivity contribution in [3.05, 3.63) is 64.7 Å². The van der Waals surface area contributed by atoms with Crippen LogP contribution in [-0.2, 0) is 22.2 Å². The van der Waals surface area contributed by atoms with Crippen molar-refractivity contribution >= 4 is 35.1 Å². The van der Waals surface area contributed by atoms with Crippen LogP contribution in [0.1, 0.15) is 33.5 Å². The molecule has 1 heterocycles. The van der Waals surface area contributed by atoms with Crippen LogP contribution in [0.15, 0.2) is 42.5 Å². The minimum atomic E-state index is -4.55. The number of likely N-dealkylation sites (tertiary alicyclic amines) is 1. The number of aliphatic carboxylic acids is 1. The number of aliphatic hydroxyl groups is 1. The average Bonchev–Trinajstić information content (AvgIpc) is 3.24. The Balaban J connectivity index is 1.92. The third kappa shape index (κ3) is 6.57. The van der Waals surface area contributed by atoms with E-state index in [4.69, 9.17) is 11.6 Å². The predicted molar refractivity (Wildman–Crippen MR) is 135 cm³/mol. The number of benzene rings is 2. The number of carbonyl (C=O) groups is 3. The zero-order chi connectivity index (χ0) is 28.4. The fraction of sp³-hybridized carbons (Fsp3) is 0.423. The lowest BCUT2D eigenvalue weighted by Gasteiger charge is -2.29. The van der Waals surface area contributed by atoms with Gasteiger partial charge in [-0.3, -0.25) is 9.59 Å². The topological polar surface area (TPSA) is 110 Å². The maximum atomic E-state index is 13.3. The summed E-state index contributed by atoms with van der Waals surface area (Å²) in [7, 11) is 3.61. The molecular formula is C26H29ClF3N3O5. The van der Waals surface area contributed by atoms with Gasteiger partial charge in [-0.15, -0.1) is 11.6 Å². The van der Waals surface area contributed by atoms with Crippen LogP contribution in [0.25, 0.3) is 0 Å². The zero-order valence-electron chi connectivity index (χ0n) is 21.0. The summed E-state index contributed by atoms with van der Waals surface area (Å²) in [5, 5.41) is 22.5. The lowest BCUT2D eigenvalue weighted by molar-refractivity contribution is -0.152. The minimum Gasteiger partial charge on any atom is -0.480 e. The van der Waals surface area contributed by atoms with Gasteiger partial charge < -0.3 is 25.3 Å². The molecule has 2 amide bonds. The SMILES string of the molecule is Cc1c(C(=O)N[C@@H](Cc2ccc(C(F)(F)F)cc2)[C@H](O)C(=O)N2C[C@@H](Cl)C[C@H]2C(=O)O)cccc1N(C)C. The molecule has 1 fully saturated rings. The van der Waals surface area contributed by atoms with Crippen molar-refractivity contribution in [3.63, 3.8) is 0 Å². The van der Waals surface area contributed by atoms with Gasteiger partial charge in [-0.05, 0) is 55.2 Å². The highest BCUT2D eigenvalue weighted by Crippen LogP contribution is 2.30. The monoisotopic (exact) mass is 555 g/mol. The van der Waals surface area contributed by atoms with E-state index in [-0.39, 0.29) is 24.9 Å². The van der Waals surface area contributed by atoms with Crippen LogP contribution >= 0.6 is 11.6 Å². The van der Waals surface area contributed by atoms with E-state index in [1.807, 2.05) is 11.0 Å². The van der Waals surface area contributed by atoms with E-state index in [1.54, 1.807) is 33.2 Å². The van der Waals surface area contributed by atoms with Crippen molar-refractivity contribution < 1.29 is 37.8 Å². The molecule has 8 nitrogen and oxygen atoms in total. The molecule has 1 aliphatic rings. The molecule has 3 N–H and O–H groups in total. The summed E-state index contributed by atoms with van der Waals surface area (Å²) in [5.41, 5.74) is 1.13. The Morgan fingerprint density at radius 1 is 1.16 bits per heavy atom. The molecule has 38 heavy (non-hydrogen) atoms. The van der Waals surface area contributed by atoms with Gasteiger partial charge >= 0.3 is 12.1 Å². The fourth-order valence-electron chi connectivity index (χ4n) is 4.53. The predicted octanol–water partition coefficient (Wildman–Crippen LogP) is 3.07. The van der Waals surface area contributed by atoms with Crippen molar-refractivity contribution in [2.75, 3.05) is 25.5 Å². The third-order valence-electron chi connectivity index (χ3n) is 6.54. The van der Waals surface area contributed by atoms with Crippen LogP contribution < -0.4 is 10.2 Å². The Morgan fingerprint density at radius 2 is 1.79 bits per heavy atom. The Morgan fingerprint density at radius 3 is 2.34 bits per heavy atom. The second kappa shape index (κ2) is 11.6. The van der Waals surface area contributed by atoms with Crippen LogP contribution in [0.2, 0.25) is 0 Å². The number of amides is 2. The minimum absolute atomic E-state index is 0.0121. The Bertz CT molecular complexity index is 1190. The molecular weight excluding hydrogens is 527 g/mol. The summed E-state index contributed by atoms with van der Waals surface area (Å²) in [6, 6.07) is 6.65. The number of anilines is 1. The molecule has 206 valence electrons. The quantitative estimate of drug-likeness (QED) is 0.432. The molecule has 12 heteroatoms. The van der Waals surface area contributed by atoms with Gasteiger partial charge in [-0.1, -0.05) is 18.2 Å². The number of nitrogens with zero attached hydrogens (tertiary/aromatic N) is 2. The van der Waals surface area contributed by atoms with Crippen molar-refractivity contribution in [2.45, 2.75) is 49.5 Å². The second-order valence-corrected chi connectivity index (χ2v) is 10.1. The number of hydrogen-bond donors (Lipinski definition) is 3. The van der Waals surface area contributed by atoms with E-state index in [2.05, 4.69) is 5.32 Å². The van der Waals surface area contributed by atoms with Gasteiger partial charge in [0.2, 0.25) is 0 Å². The van der Waals surface area contributed by atoms with Gasteiger partial charge in [0.15, 0.2) is 6.10 Å². The lowest BCUT2D eigenvalue weighted by Crippen LogP contribution is -2.54. The molecule has 0 unspecified atom stereocenters. The van der Waals surface area contributed by atoms with E-state index in [0.29, 0.717) is 11.1 Å². The van der Waals surface area contributed by atoms with Crippen LogP contribution in [0.4, 0.5) is 18.9 Å². The summed E-state index contributed by atoms with van der Waals surface area (Å²) in [6.45, 7) is 1.62. The van der Waals surface area contributed by atoms with Gasteiger partial charge in [0.25, 0.3) is 11.8 Å². The molecule has 1 saturated heterocycles. The zero-order valence-corrected chi connectivity index (χ0v) is 21.8. The molecule has 0 aromatic heterocycles. The third-order valence-corrected chi connectivity index (χ3v) is 6.85. The standard InChI is InChI=1S/C26H29ClF3N3O5/c1-14-18(5-4-6-20(14)32(2)3)23(35)31-19(11-15-7-9-16(10-8-15)26(28,29)30)22(34)24(36)33-13-17(27)12-21(33)25(37)38/h4-10,17,19,21-22,34H,11-13H2,1-3H3,(H,31,35)(H,37,38)/t17-,19-,21-,22-/m0/s1. The molecule has 2 aromatic carbocycles. The first-order chi connectivity index (χ1) is 17.7. The largest absolute Gasteiger partial charge is 0.480 e. The van der Waals surface area contributed by atoms with E-state index in [9.17, 15) is 37.8 Å². The molecule has 0 spiro atoms. The van der Waals surface area contributed by atoms with Gasteiger partial charge in [0.05, 0.1) is 17.0 Å². The number of carboxylic acids is 1. The highest BCUT2D eigenvalue weighted by atomic mass is 35.5. The highest BCUT2D eigenvalue weighted by Gasteiger charge is 2.43.